The summed E-state index contributed by atoms with van der Waals surface area (Å²) in [6.07, 6.45) is 0.531. The number of ether oxygens (including phenoxy) is 1. The smallest absolute Gasteiger partial charge is 0.127 e. The molecule has 18 heavy (non-hydrogen) atoms. The van der Waals surface area contributed by atoms with Gasteiger partial charge in [0.25, 0.3) is 0 Å². The van der Waals surface area contributed by atoms with Gasteiger partial charge in [0.2, 0.25) is 0 Å². The van der Waals surface area contributed by atoms with Crippen LogP contribution in [0.3, 0.4) is 0 Å². The van der Waals surface area contributed by atoms with E-state index in [1.54, 1.807) is 13.2 Å². The van der Waals surface area contributed by atoms with Crippen molar-refractivity contribution in [1.82, 2.24) is 5.32 Å². The Morgan fingerprint density at radius 1 is 1.50 bits per heavy atom. The Balaban J connectivity index is 2.69. The van der Waals surface area contributed by atoms with Crippen LogP contribution in [-0.4, -0.2) is 31.0 Å². The first-order chi connectivity index (χ1) is 8.50. The molecule has 0 saturated heterocycles. The van der Waals surface area contributed by atoms with Crippen LogP contribution >= 0.6 is 11.6 Å². The van der Waals surface area contributed by atoms with Gasteiger partial charge >= 0.3 is 0 Å². The maximum Gasteiger partial charge on any atom is 0.127 e. The van der Waals surface area contributed by atoms with Crippen molar-refractivity contribution < 1.29 is 14.2 Å². The summed E-state index contributed by atoms with van der Waals surface area (Å²) in [6, 6.07) is 4.46. The molecule has 2 N–H and O–H groups in total. The minimum Gasteiger partial charge on any atom is -0.396 e. The maximum absolute atomic E-state index is 13.5. The monoisotopic (exact) mass is 275 g/mol. The summed E-state index contributed by atoms with van der Waals surface area (Å²) < 4.78 is 18.6. The Morgan fingerprint density at radius 2 is 2.22 bits per heavy atom. The molecule has 0 aromatic heterocycles. The molecule has 0 bridgehead atoms. The van der Waals surface area contributed by atoms with Gasteiger partial charge in [-0.25, -0.2) is 4.39 Å². The summed E-state index contributed by atoms with van der Waals surface area (Å²) >= 11 is 5.83. The molecule has 0 radical (unpaired) electrons. The lowest BCUT2D eigenvalue weighted by atomic mass is 9.99. The van der Waals surface area contributed by atoms with E-state index in [-0.39, 0.29) is 12.4 Å². The van der Waals surface area contributed by atoms with E-state index >= 15 is 0 Å². The SMILES string of the molecule is COCC(C)(CCO)NCc1cc(Cl)ccc1F. The van der Waals surface area contributed by atoms with Crippen molar-refractivity contribution in [3.8, 4) is 0 Å². The molecule has 0 spiro atoms. The number of nitrogens with one attached hydrogen (secondary N) is 1. The molecule has 3 nitrogen and oxygen atoms in total. The third-order valence-corrected chi connectivity index (χ3v) is 3.07. The molecule has 0 saturated carbocycles. The van der Waals surface area contributed by atoms with E-state index < -0.39 is 5.54 Å². The van der Waals surface area contributed by atoms with Crippen LogP contribution in [0.5, 0.6) is 0 Å². The number of rotatable bonds is 7. The number of aliphatic hydroxyl groups excluding tert-OH is 1. The fourth-order valence-electron chi connectivity index (χ4n) is 1.76. The highest BCUT2D eigenvalue weighted by Gasteiger charge is 2.23. The summed E-state index contributed by atoms with van der Waals surface area (Å²) in [7, 11) is 1.59. The summed E-state index contributed by atoms with van der Waals surface area (Å²) in [5.74, 6) is -0.296. The normalized spacial score (nSPS) is 14.5. The molecule has 1 aromatic rings. The van der Waals surface area contributed by atoms with Crippen LogP contribution in [0.2, 0.25) is 5.02 Å². The molecule has 1 atom stereocenters. The van der Waals surface area contributed by atoms with Crippen molar-refractivity contribution >= 4 is 11.6 Å². The van der Waals surface area contributed by atoms with Crippen LogP contribution in [0.1, 0.15) is 18.9 Å². The van der Waals surface area contributed by atoms with Gasteiger partial charge in [0, 0.05) is 36.4 Å². The number of hydrogen-bond donors (Lipinski definition) is 2. The Morgan fingerprint density at radius 3 is 2.83 bits per heavy atom. The molecule has 1 unspecified atom stereocenters. The lowest BCUT2D eigenvalue weighted by Crippen LogP contribution is -2.46. The largest absolute Gasteiger partial charge is 0.396 e. The first kappa shape index (κ1) is 15.4. The molecule has 0 fully saturated rings. The van der Waals surface area contributed by atoms with Gasteiger partial charge in [-0.3, -0.25) is 0 Å². The van der Waals surface area contributed by atoms with Crippen molar-refractivity contribution in [2.75, 3.05) is 20.3 Å². The topological polar surface area (TPSA) is 41.5 Å². The molecule has 1 aromatic carbocycles. The first-order valence-corrected chi connectivity index (χ1v) is 6.17. The van der Waals surface area contributed by atoms with E-state index in [9.17, 15) is 4.39 Å². The van der Waals surface area contributed by atoms with Crippen molar-refractivity contribution in [3.63, 3.8) is 0 Å². The predicted molar refractivity (Wildman–Crippen MR) is 70.2 cm³/mol. The minimum absolute atomic E-state index is 0.0465. The molecular formula is C13H19ClFNO2. The van der Waals surface area contributed by atoms with Gasteiger partial charge in [0.15, 0.2) is 0 Å². The molecule has 102 valence electrons. The first-order valence-electron chi connectivity index (χ1n) is 5.79. The Hall–Kier alpha value is -0.680. The highest BCUT2D eigenvalue weighted by Crippen LogP contribution is 2.17. The molecule has 5 heteroatoms. The Labute approximate surface area is 112 Å². The number of hydrogen-bond acceptors (Lipinski definition) is 3. The fourth-order valence-corrected chi connectivity index (χ4v) is 1.96. The molecule has 1 rings (SSSR count). The van der Waals surface area contributed by atoms with Crippen LogP contribution in [0.4, 0.5) is 4.39 Å². The second kappa shape index (κ2) is 7.04. The zero-order valence-electron chi connectivity index (χ0n) is 10.7. The van der Waals surface area contributed by atoms with Gasteiger partial charge in [-0.05, 0) is 31.5 Å². The van der Waals surface area contributed by atoms with E-state index in [2.05, 4.69) is 5.32 Å². The zero-order chi connectivity index (χ0) is 13.6. The van der Waals surface area contributed by atoms with E-state index in [1.165, 1.54) is 12.1 Å². The zero-order valence-corrected chi connectivity index (χ0v) is 11.4. The summed E-state index contributed by atoms with van der Waals surface area (Å²) in [5.41, 5.74) is 0.112. The summed E-state index contributed by atoms with van der Waals surface area (Å²) in [6.45, 7) is 2.75. The number of halogens is 2. The van der Waals surface area contributed by atoms with Gasteiger partial charge in [-0.2, -0.15) is 0 Å². The van der Waals surface area contributed by atoms with Crippen LogP contribution in [-0.2, 0) is 11.3 Å². The third-order valence-electron chi connectivity index (χ3n) is 2.84. The fraction of sp³-hybridized carbons (Fsp3) is 0.538. The second-order valence-corrected chi connectivity index (χ2v) is 4.99. The van der Waals surface area contributed by atoms with Crippen molar-refractivity contribution in [3.05, 3.63) is 34.6 Å². The number of benzene rings is 1. The Kier molecular flexibility index (Phi) is 6.02. The van der Waals surface area contributed by atoms with E-state index in [4.69, 9.17) is 21.4 Å². The predicted octanol–water partition coefficient (Wildman–Crippen LogP) is 2.36. The Bertz CT molecular complexity index is 381. The quantitative estimate of drug-likeness (QED) is 0.803. The molecule has 0 amide bonds. The number of aliphatic hydroxyl groups is 1. The van der Waals surface area contributed by atoms with Gasteiger partial charge in [-0.1, -0.05) is 11.6 Å². The van der Waals surface area contributed by atoms with Crippen LogP contribution in [0, 0.1) is 5.82 Å². The van der Waals surface area contributed by atoms with Crippen molar-refractivity contribution in [1.29, 1.82) is 0 Å². The second-order valence-electron chi connectivity index (χ2n) is 4.56. The van der Waals surface area contributed by atoms with Crippen molar-refractivity contribution in [2.24, 2.45) is 0 Å². The molecule has 0 aliphatic heterocycles. The highest BCUT2D eigenvalue weighted by atomic mass is 35.5. The molecular weight excluding hydrogens is 257 g/mol. The van der Waals surface area contributed by atoms with Crippen LogP contribution in [0.15, 0.2) is 18.2 Å². The summed E-state index contributed by atoms with van der Waals surface area (Å²) in [5, 5.41) is 12.7. The standard InChI is InChI=1S/C13H19ClFNO2/c1-13(5-6-17,9-18-2)16-8-10-7-11(14)3-4-12(10)15/h3-4,7,16-17H,5-6,8-9H2,1-2H3. The van der Waals surface area contributed by atoms with Gasteiger partial charge in [0.1, 0.15) is 5.82 Å². The van der Waals surface area contributed by atoms with E-state index in [1.807, 2.05) is 6.92 Å². The van der Waals surface area contributed by atoms with Gasteiger partial charge in [0.05, 0.1) is 6.61 Å². The van der Waals surface area contributed by atoms with E-state index in [0.29, 0.717) is 30.2 Å². The molecule has 0 aliphatic rings. The van der Waals surface area contributed by atoms with Gasteiger partial charge < -0.3 is 15.2 Å². The highest BCUT2D eigenvalue weighted by molar-refractivity contribution is 6.30. The van der Waals surface area contributed by atoms with E-state index in [0.717, 1.165) is 0 Å². The van der Waals surface area contributed by atoms with Crippen LogP contribution in [0.25, 0.3) is 0 Å². The average molecular weight is 276 g/mol. The summed E-state index contributed by atoms with van der Waals surface area (Å²) in [4.78, 5) is 0. The lowest BCUT2D eigenvalue weighted by Gasteiger charge is -2.29. The van der Waals surface area contributed by atoms with Gasteiger partial charge in [-0.15, -0.1) is 0 Å². The molecule has 0 heterocycles. The van der Waals surface area contributed by atoms with Crippen molar-refractivity contribution in [2.45, 2.75) is 25.4 Å². The number of methoxy groups -OCH3 is 1. The minimum atomic E-state index is -0.391. The maximum atomic E-state index is 13.5. The average Bonchev–Trinajstić information content (AvgIpc) is 2.31. The molecule has 0 aliphatic carbocycles. The van der Waals surface area contributed by atoms with Crippen LogP contribution < -0.4 is 5.32 Å². The third kappa shape index (κ3) is 4.53. The lowest BCUT2D eigenvalue weighted by molar-refractivity contribution is 0.0967.